The molecule has 0 spiro atoms. The molecule has 0 saturated heterocycles. The van der Waals surface area contributed by atoms with Gasteiger partial charge in [-0.05, 0) is 62.9 Å². The Morgan fingerprint density at radius 1 is 0.897 bits per heavy atom. The molecule has 8 heteroatoms. The first-order chi connectivity index (χ1) is 18.6. The van der Waals surface area contributed by atoms with Gasteiger partial charge in [-0.2, -0.15) is 0 Å². The van der Waals surface area contributed by atoms with Gasteiger partial charge in [0.1, 0.15) is 12.6 Å². The third-order valence-corrected chi connectivity index (χ3v) is 8.28. The highest BCUT2D eigenvalue weighted by Crippen LogP contribution is 2.28. The summed E-state index contributed by atoms with van der Waals surface area (Å²) in [6, 6.07) is 22.2. The molecule has 2 amide bonds. The van der Waals surface area contributed by atoms with Crippen LogP contribution in [-0.4, -0.2) is 43.8 Å². The maximum absolute atomic E-state index is 14.1. The van der Waals surface area contributed by atoms with Gasteiger partial charge in [0.05, 0.1) is 10.6 Å². The summed E-state index contributed by atoms with van der Waals surface area (Å²) < 4.78 is 29.1. The van der Waals surface area contributed by atoms with Gasteiger partial charge in [-0.3, -0.25) is 13.9 Å². The van der Waals surface area contributed by atoms with Gasteiger partial charge in [0.15, 0.2) is 0 Å². The van der Waals surface area contributed by atoms with E-state index in [1.165, 1.54) is 21.3 Å². The third kappa shape index (κ3) is 7.47. The van der Waals surface area contributed by atoms with Crippen molar-refractivity contribution in [1.82, 2.24) is 10.2 Å². The number of carbonyl (C=O) groups excluding carboxylic acids is 2. The molecule has 3 aromatic rings. The minimum Gasteiger partial charge on any atom is -0.352 e. The van der Waals surface area contributed by atoms with E-state index in [0.29, 0.717) is 18.5 Å². The first kappa shape index (κ1) is 29.9. The van der Waals surface area contributed by atoms with Gasteiger partial charge in [0, 0.05) is 12.6 Å². The lowest BCUT2D eigenvalue weighted by Gasteiger charge is -2.34. The molecule has 0 fully saturated rings. The summed E-state index contributed by atoms with van der Waals surface area (Å²) in [6.07, 6.45) is 0.972. The number of hydrogen-bond acceptors (Lipinski definition) is 4. The Hall–Kier alpha value is -3.65. The first-order valence-corrected chi connectivity index (χ1v) is 14.8. The molecular formula is C31H39N3O4S. The Morgan fingerprint density at radius 2 is 1.56 bits per heavy atom. The lowest BCUT2D eigenvalue weighted by molar-refractivity contribution is -0.140. The summed E-state index contributed by atoms with van der Waals surface area (Å²) in [7, 11) is -4.08. The zero-order chi connectivity index (χ0) is 28.6. The van der Waals surface area contributed by atoms with Gasteiger partial charge in [-0.25, -0.2) is 8.42 Å². The lowest BCUT2D eigenvalue weighted by Crippen LogP contribution is -2.53. The largest absolute Gasteiger partial charge is 0.352 e. The molecule has 208 valence electrons. The van der Waals surface area contributed by atoms with Gasteiger partial charge >= 0.3 is 0 Å². The summed E-state index contributed by atoms with van der Waals surface area (Å²) in [5, 5.41) is 2.92. The fourth-order valence-corrected chi connectivity index (χ4v) is 6.07. The van der Waals surface area contributed by atoms with Gasteiger partial charge in [-0.1, -0.05) is 80.1 Å². The van der Waals surface area contributed by atoms with Crippen LogP contribution in [0.15, 0.2) is 83.8 Å². The number of nitrogens with one attached hydrogen (secondary N) is 1. The smallest absolute Gasteiger partial charge is 0.264 e. The molecule has 0 aromatic heterocycles. The molecule has 1 atom stereocenters. The van der Waals surface area contributed by atoms with Crippen LogP contribution in [0.5, 0.6) is 0 Å². The molecule has 0 bridgehead atoms. The van der Waals surface area contributed by atoms with Crippen LogP contribution in [-0.2, 0) is 32.6 Å². The van der Waals surface area contributed by atoms with Crippen LogP contribution in [0.4, 0.5) is 5.69 Å². The van der Waals surface area contributed by atoms with Crippen molar-refractivity contribution in [2.24, 2.45) is 0 Å². The number of carbonyl (C=O) groups is 2. The van der Waals surface area contributed by atoms with E-state index in [0.717, 1.165) is 16.7 Å². The summed E-state index contributed by atoms with van der Waals surface area (Å²) >= 11 is 0. The van der Waals surface area contributed by atoms with Gasteiger partial charge in [0.25, 0.3) is 10.0 Å². The van der Waals surface area contributed by atoms with Crippen LogP contribution in [0.2, 0.25) is 0 Å². The third-order valence-electron chi connectivity index (χ3n) is 6.50. The fourth-order valence-electron chi connectivity index (χ4n) is 4.59. The molecular weight excluding hydrogens is 510 g/mol. The summed E-state index contributed by atoms with van der Waals surface area (Å²) in [5.74, 6) is -0.715. The molecule has 0 aliphatic heterocycles. The molecule has 0 aliphatic rings. The number of hydrogen-bond donors (Lipinski definition) is 1. The number of rotatable bonds is 12. The molecule has 0 heterocycles. The van der Waals surface area contributed by atoms with Crippen molar-refractivity contribution in [2.45, 2.75) is 71.0 Å². The number of sulfonamides is 1. The highest BCUT2D eigenvalue weighted by atomic mass is 32.2. The second kappa shape index (κ2) is 13.4. The molecule has 3 aromatic carbocycles. The number of anilines is 1. The quantitative estimate of drug-likeness (QED) is 0.341. The van der Waals surface area contributed by atoms with E-state index in [4.69, 9.17) is 0 Å². The van der Waals surface area contributed by atoms with Crippen molar-refractivity contribution in [3.05, 3.63) is 95.6 Å². The van der Waals surface area contributed by atoms with E-state index in [1.807, 2.05) is 71.0 Å². The topological polar surface area (TPSA) is 86.8 Å². The minimum absolute atomic E-state index is 0.0959. The van der Waals surface area contributed by atoms with E-state index < -0.39 is 28.5 Å². The van der Waals surface area contributed by atoms with E-state index in [2.05, 4.69) is 5.32 Å². The molecule has 3 rings (SSSR count). The SMILES string of the molecule is CCc1ccccc1N(CC(=O)N(Cc1cccc(C)c1)[C@H](CC)C(=O)NC(C)C)S(=O)(=O)c1ccccc1. The van der Waals surface area contributed by atoms with Crippen molar-refractivity contribution in [2.75, 3.05) is 10.8 Å². The maximum atomic E-state index is 14.1. The summed E-state index contributed by atoms with van der Waals surface area (Å²) in [6.45, 7) is 9.24. The van der Waals surface area contributed by atoms with Crippen LogP contribution in [0.3, 0.4) is 0 Å². The second-order valence-electron chi connectivity index (χ2n) is 9.91. The fraction of sp³-hybridized carbons (Fsp3) is 0.355. The number of nitrogens with zero attached hydrogens (tertiary/aromatic N) is 2. The standard InChI is InChI=1S/C31H39N3O4S/c1-6-26-16-11-12-19-29(26)34(39(37,38)27-17-9-8-10-18-27)22-30(35)33(21-25-15-13-14-24(5)20-25)28(7-2)31(36)32-23(3)4/h8-20,23,28H,6-7,21-22H2,1-5H3,(H,32,36)/t28-/m1/s1. The number of amides is 2. The Labute approximate surface area is 232 Å². The van der Waals surface area contributed by atoms with E-state index in [1.54, 1.807) is 30.3 Å². The van der Waals surface area contributed by atoms with Crippen molar-refractivity contribution in [1.29, 1.82) is 0 Å². The average Bonchev–Trinajstić information content (AvgIpc) is 2.91. The van der Waals surface area contributed by atoms with Crippen molar-refractivity contribution < 1.29 is 18.0 Å². The lowest BCUT2D eigenvalue weighted by atomic mass is 10.1. The Bertz CT molecular complexity index is 1370. The highest BCUT2D eigenvalue weighted by molar-refractivity contribution is 7.92. The van der Waals surface area contributed by atoms with Crippen molar-refractivity contribution in [3.63, 3.8) is 0 Å². The predicted molar refractivity (Wildman–Crippen MR) is 156 cm³/mol. The van der Waals surface area contributed by atoms with Crippen LogP contribution in [0, 0.1) is 6.92 Å². The average molecular weight is 550 g/mol. The van der Waals surface area contributed by atoms with Gasteiger partial charge in [0.2, 0.25) is 11.8 Å². The van der Waals surface area contributed by atoms with E-state index >= 15 is 0 Å². The number of benzene rings is 3. The second-order valence-corrected chi connectivity index (χ2v) is 11.8. The van der Waals surface area contributed by atoms with Gasteiger partial charge < -0.3 is 10.2 Å². The summed E-state index contributed by atoms with van der Waals surface area (Å²) in [4.78, 5) is 29.0. The monoisotopic (exact) mass is 549 g/mol. The Kier molecular flexibility index (Phi) is 10.3. The highest BCUT2D eigenvalue weighted by Gasteiger charge is 2.34. The van der Waals surface area contributed by atoms with Crippen LogP contribution >= 0.6 is 0 Å². The molecule has 7 nitrogen and oxygen atoms in total. The Morgan fingerprint density at radius 3 is 2.18 bits per heavy atom. The molecule has 1 N–H and O–H groups in total. The minimum atomic E-state index is -4.08. The normalized spacial score (nSPS) is 12.2. The Balaban J connectivity index is 2.09. The van der Waals surface area contributed by atoms with Gasteiger partial charge in [-0.15, -0.1) is 0 Å². The molecule has 0 saturated carbocycles. The van der Waals surface area contributed by atoms with E-state index in [-0.39, 0.29) is 23.4 Å². The van der Waals surface area contributed by atoms with Crippen LogP contribution in [0.1, 0.15) is 50.8 Å². The first-order valence-electron chi connectivity index (χ1n) is 13.4. The molecule has 0 aliphatic carbocycles. The number of aryl methyl sites for hydroxylation is 2. The van der Waals surface area contributed by atoms with Crippen LogP contribution in [0.25, 0.3) is 0 Å². The van der Waals surface area contributed by atoms with Crippen LogP contribution < -0.4 is 9.62 Å². The van der Waals surface area contributed by atoms with E-state index in [9.17, 15) is 18.0 Å². The molecule has 0 unspecified atom stereocenters. The zero-order valence-electron chi connectivity index (χ0n) is 23.4. The zero-order valence-corrected chi connectivity index (χ0v) is 24.2. The predicted octanol–water partition coefficient (Wildman–Crippen LogP) is 5.08. The van der Waals surface area contributed by atoms with Crippen molar-refractivity contribution >= 4 is 27.5 Å². The molecule has 0 radical (unpaired) electrons. The maximum Gasteiger partial charge on any atom is 0.264 e. The number of para-hydroxylation sites is 1. The van der Waals surface area contributed by atoms with Crippen molar-refractivity contribution in [3.8, 4) is 0 Å². The summed E-state index contributed by atoms with van der Waals surface area (Å²) in [5.41, 5.74) is 3.15. The molecule has 39 heavy (non-hydrogen) atoms.